The zero-order valence-corrected chi connectivity index (χ0v) is 25.2. The highest BCUT2D eigenvalue weighted by molar-refractivity contribution is 5.95. The van der Waals surface area contributed by atoms with Crippen LogP contribution in [0.15, 0.2) is 47.5 Å². The molecule has 10 N–H and O–H groups in total. The van der Waals surface area contributed by atoms with Crippen molar-refractivity contribution in [2.75, 3.05) is 6.54 Å². The largest absolute Gasteiger partial charge is 0.370 e. The number of nitrogens with one attached hydrogen (secondary N) is 4. The van der Waals surface area contributed by atoms with Gasteiger partial charge in [0.15, 0.2) is 5.96 Å². The summed E-state index contributed by atoms with van der Waals surface area (Å²) in [6, 6.07) is 9.60. The number of benzene rings is 2. The van der Waals surface area contributed by atoms with E-state index in [9.17, 15) is 24.0 Å². The van der Waals surface area contributed by atoms with Crippen LogP contribution in [0.1, 0.15) is 52.5 Å². The second-order valence-corrected chi connectivity index (χ2v) is 11.0. The Balaban J connectivity index is 2.23. The number of aliphatic imine (C=N–C) groups is 1. The molecular formula is C30H44N8O5. The number of hydrogen-bond acceptors (Lipinski definition) is 6. The van der Waals surface area contributed by atoms with Crippen molar-refractivity contribution in [3.63, 3.8) is 0 Å². The van der Waals surface area contributed by atoms with Gasteiger partial charge < -0.3 is 38.5 Å². The number of rotatable bonds is 16. The summed E-state index contributed by atoms with van der Waals surface area (Å²) in [6.45, 7) is 6.74. The molecule has 2 rings (SSSR count). The number of guanidine groups is 1. The summed E-state index contributed by atoms with van der Waals surface area (Å²) in [5, 5.41) is 12.7. The van der Waals surface area contributed by atoms with Gasteiger partial charge in [0.05, 0.1) is 0 Å². The predicted molar refractivity (Wildman–Crippen MR) is 165 cm³/mol. The van der Waals surface area contributed by atoms with Crippen LogP contribution >= 0.6 is 0 Å². The van der Waals surface area contributed by atoms with Crippen LogP contribution in [0.5, 0.6) is 0 Å². The maximum absolute atomic E-state index is 13.5. The second kappa shape index (κ2) is 16.7. The SMILES string of the molecule is CC(=O)N[C@@H](Cc1ccc2ccccc2c1)C(=O)N[C@@H](CC(C)C)C(=O)N[C@@H](CCCN=C(N)N)C(=O)N[C@@H](C)C(N)=O. The van der Waals surface area contributed by atoms with Crippen LogP contribution in [0.25, 0.3) is 10.8 Å². The van der Waals surface area contributed by atoms with Crippen molar-refractivity contribution in [3.05, 3.63) is 48.0 Å². The van der Waals surface area contributed by atoms with E-state index < -0.39 is 53.7 Å². The minimum absolute atomic E-state index is 0.000203. The van der Waals surface area contributed by atoms with Gasteiger partial charge in [-0.1, -0.05) is 56.3 Å². The lowest BCUT2D eigenvalue weighted by atomic mass is 9.99. The Morgan fingerprint density at radius 1 is 0.767 bits per heavy atom. The van der Waals surface area contributed by atoms with Gasteiger partial charge >= 0.3 is 0 Å². The van der Waals surface area contributed by atoms with Gasteiger partial charge in [-0.3, -0.25) is 29.0 Å². The highest BCUT2D eigenvalue weighted by Crippen LogP contribution is 2.17. The fourth-order valence-corrected chi connectivity index (χ4v) is 4.46. The minimum Gasteiger partial charge on any atom is -0.370 e. The normalized spacial score (nSPS) is 13.7. The lowest BCUT2D eigenvalue weighted by molar-refractivity contribution is -0.134. The van der Waals surface area contributed by atoms with E-state index in [1.165, 1.54) is 13.8 Å². The molecule has 0 aromatic heterocycles. The van der Waals surface area contributed by atoms with Crippen LogP contribution in [-0.2, 0) is 30.4 Å². The molecule has 0 spiro atoms. The molecule has 13 nitrogen and oxygen atoms in total. The third-order valence-electron chi connectivity index (χ3n) is 6.65. The van der Waals surface area contributed by atoms with E-state index in [0.29, 0.717) is 6.42 Å². The highest BCUT2D eigenvalue weighted by atomic mass is 16.2. The van der Waals surface area contributed by atoms with Crippen molar-refractivity contribution in [1.29, 1.82) is 0 Å². The van der Waals surface area contributed by atoms with Crippen molar-refractivity contribution < 1.29 is 24.0 Å². The number of hydrogen-bond donors (Lipinski definition) is 7. The summed E-state index contributed by atoms with van der Waals surface area (Å²) in [4.78, 5) is 67.3. The maximum atomic E-state index is 13.5. The van der Waals surface area contributed by atoms with Gasteiger partial charge in [-0.15, -0.1) is 0 Å². The Labute approximate surface area is 251 Å². The van der Waals surface area contributed by atoms with Crippen LogP contribution in [0.3, 0.4) is 0 Å². The molecule has 234 valence electrons. The number of primary amides is 1. The molecule has 2 aromatic carbocycles. The lowest BCUT2D eigenvalue weighted by Gasteiger charge is -2.26. The first-order valence-electron chi connectivity index (χ1n) is 14.3. The number of nitrogens with two attached hydrogens (primary N) is 3. The molecule has 5 amide bonds. The van der Waals surface area contributed by atoms with Crippen molar-refractivity contribution in [2.24, 2.45) is 28.1 Å². The first-order chi connectivity index (χ1) is 20.3. The van der Waals surface area contributed by atoms with Crippen molar-refractivity contribution in [1.82, 2.24) is 21.3 Å². The molecule has 43 heavy (non-hydrogen) atoms. The van der Waals surface area contributed by atoms with E-state index in [0.717, 1.165) is 16.3 Å². The molecule has 0 fully saturated rings. The first-order valence-corrected chi connectivity index (χ1v) is 14.3. The van der Waals surface area contributed by atoms with Gasteiger partial charge in [-0.2, -0.15) is 0 Å². The number of amides is 5. The summed E-state index contributed by atoms with van der Waals surface area (Å²) in [5.74, 6) is -3.00. The predicted octanol–water partition coefficient (Wildman–Crippen LogP) is -0.0537. The zero-order valence-electron chi connectivity index (χ0n) is 25.2. The van der Waals surface area contributed by atoms with Gasteiger partial charge in [0.25, 0.3) is 0 Å². The third-order valence-corrected chi connectivity index (χ3v) is 6.65. The fraction of sp³-hybridized carbons (Fsp3) is 0.467. The molecule has 0 saturated carbocycles. The minimum atomic E-state index is -1.06. The number of fused-ring (bicyclic) bond motifs is 1. The fourth-order valence-electron chi connectivity index (χ4n) is 4.46. The van der Waals surface area contributed by atoms with E-state index in [1.807, 2.05) is 56.3 Å². The third kappa shape index (κ3) is 12.0. The highest BCUT2D eigenvalue weighted by Gasteiger charge is 2.30. The average molecular weight is 597 g/mol. The number of carbonyl (C=O) groups is 5. The van der Waals surface area contributed by atoms with Gasteiger partial charge in [0, 0.05) is 19.9 Å². The Bertz CT molecular complexity index is 1320. The molecule has 0 bridgehead atoms. The summed E-state index contributed by atoms with van der Waals surface area (Å²) in [6.07, 6.45) is 0.963. The van der Waals surface area contributed by atoms with Gasteiger partial charge in [0.1, 0.15) is 24.2 Å². The van der Waals surface area contributed by atoms with Crippen LogP contribution in [-0.4, -0.2) is 66.2 Å². The van der Waals surface area contributed by atoms with Crippen molar-refractivity contribution >= 4 is 46.3 Å². The molecule has 0 radical (unpaired) electrons. The zero-order chi connectivity index (χ0) is 32.1. The number of carbonyl (C=O) groups excluding carboxylic acids is 5. The van der Waals surface area contributed by atoms with Crippen molar-refractivity contribution in [3.8, 4) is 0 Å². The van der Waals surface area contributed by atoms with E-state index in [2.05, 4.69) is 26.3 Å². The standard InChI is InChI=1S/C30H44N8O5/c1-17(2)14-24(28(42)37-23(10-7-13-34-30(32)33)27(41)35-18(3)26(31)40)38-29(43)25(36-19(4)39)16-20-11-12-21-8-5-6-9-22(21)15-20/h5-6,8-9,11-12,15,17-18,23-25H,7,10,13-14,16H2,1-4H3,(H2,31,40)(H,35,41)(H,36,39)(H,37,42)(H,38,43)(H4,32,33,34)/t18-,23-,24-,25-/m0/s1. The summed E-state index contributed by atoms with van der Waals surface area (Å²) >= 11 is 0. The molecule has 0 aliphatic rings. The monoisotopic (exact) mass is 596 g/mol. The molecule has 0 aliphatic carbocycles. The number of nitrogens with zero attached hydrogens (tertiary/aromatic N) is 1. The van der Waals surface area contributed by atoms with Crippen molar-refractivity contribution in [2.45, 2.75) is 77.5 Å². The Morgan fingerprint density at radius 3 is 1.98 bits per heavy atom. The van der Waals surface area contributed by atoms with Crippen LogP contribution in [0.2, 0.25) is 0 Å². The topological polar surface area (TPSA) is 224 Å². The summed E-state index contributed by atoms with van der Waals surface area (Å²) in [5.41, 5.74) is 16.9. The smallest absolute Gasteiger partial charge is 0.243 e. The van der Waals surface area contributed by atoms with Gasteiger partial charge in [-0.25, -0.2) is 0 Å². The van der Waals surface area contributed by atoms with E-state index in [1.54, 1.807) is 0 Å². The molecule has 0 heterocycles. The molecule has 13 heteroatoms. The molecule has 0 unspecified atom stereocenters. The van der Waals surface area contributed by atoms with E-state index in [4.69, 9.17) is 17.2 Å². The second-order valence-electron chi connectivity index (χ2n) is 11.0. The van der Waals surface area contributed by atoms with E-state index in [-0.39, 0.29) is 37.7 Å². The molecule has 4 atom stereocenters. The molecule has 0 saturated heterocycles. The Morgan fingerprint density at radius 2 is 1.37 bits per heavy atom. The summed E-state index contributed by atoms with van der Waals surface area (Å²) in [7, 11) is 0. The van der Waals surface area contributed by atoms with Crippen LogP contribution < -0.4 is 38.5 Å². The molecule has 0 aliphatic heterocycles. The Hall–Kier alpha value is -4.68. The van der Waals surface area contributed by atoms with E-state index >= 15 is 0 Å². The first kappa shape index (κ1) is 34.5. The molecular weight excluding hydrogens is 552 g/mol. The van der Waals surface area contributed by atoms with Gasteiger partial charge in [-0.05, 0) is 48.4 Å². The van der Waals surface area contributed by atoms with Gasteiger partial charge in [0.2, 0.25) is 29.5 Å². The summed E-state index contributed by atoms with van der Waals surface area (Å²) < 4.78 is 0. The van der Waals surface area contributed by atoms with Crippen LogP contribution in [0, 0.1) is 5.92 Å². The Kier molecular flexibility index (Phi) is 13.4. The average Bonchev–Trinajstić information content (AvgIpc) is 2.92. The van der Waals surface area contributed by atoms with Crippen LogP contribution in [0.4, 0.5) is 0 Å². The quantitative estimate of drug-likeness (QED) is 0.0793. The molecule has 2 aromatic rings. The maximum Gasteiger partial charge on any atom is 0.243 e. The lowest BCUT2D eigenvalue weighted by Crippen LogP contribution is -2.58.